The molecule has 2 N–H and O–H groups in total. The van der Waals surface area contributed by atoms with E-state index in [0.717, 1.165) is 12.1 Å². The molecule has 0 radical (unpaired) electrons. The first-order valence-electron chi connectivity index (χ1n) is 9.33. The van der Waals surface area contributed by atoms with Crippen molar-refractivity contribution in [2.75, 3.05) is 5.32 Å². The summed E-state index contributed by atoms with van der Waals surface area (Å²) in [5.74, 6) is -0.638. The lowest BCUT2D eigenvalue weighted by atomic mass is 9.76. The van der Waals surface area contributed by atoms with Gasteiger partial charge >= 0.3 is 0 Å². The van der Waals surface area contributed by atoms with Crippen molar-refractivity contribution in [3.63, 3.8) is 0 Å². The Morgan fingerprint density at radius 3 is 2.50 bits per heavy atom. The molecule has 5 rings (SSSR count). The van der Waals surface area contributed by atoms with Crippen LogP contribution in [0, 0.1) is 5.82 Å². The molecule has 1 atom stereocenters. The average molecular weight is 375 g/mol. The summed E-state index contributed by atoms with van der Waals surface area (Å²) in [6.45, 7) is 0. The molecule has 140 valence electrons. The number of H-pyrrole nitrogens is 1. The van der Waals surface area contributed by atoms with Gasteiger partial charge in [0.25, 0.3) is 5.56 Å². The van der Waals surface area contributed by atoms with Gasteiger partial charge in [0, 0.05) is 23.3 Å². The van der Waals surface area contributed by atoms with Crippen LogP contribution in [-0.4, -0.2) is 15.6 Å². The van der Waals surface area contributed by atoms with Gasteiger partial charge < -0.3 is 5.32 Å². The van der Waals surface area contributed by atoms with Crippen LogP contribution in [0.5, 0.6) is 0 Å². The second-order valence-electron chi connectivity index (χ2n) is 7.13. The van der Waals surface area contributed by atoms with E-state index in [2.05, 4.69) is 10.4 Å². The number of rotatable bonds is 2. The first-order chi connectivity index (χ1) is 13.6. The zero-order valence-corrected chi connectivity index (χ0v) is 15.0. The molecule has 5 nitrogen and oxygen atoms in total. The van der Waals surface area contributed by atoms with Crippen molar-refractivity contribution in [1.82, 2.24) is 9.78 Å². The Hall–Kier alpha value is -3.41. The van der Waals surface area contributed by atoms with Crippen molar-refractivity contribution >= 4 is 11.6 Å². The van der Waals surface area contributed by atoms with Crippen molar-refractivity contribution in [3.05, 3.63) is 93.2 Å². The molecule has 0 saturated heterocycles. The Kier molecular flexibility index (Phi) is 3.79. The van der Waals surface area contributed by atoms with Gasteiger partial charge in [-0.3, -0.25) is 14.7 Å². The highest BCUT2D eigenvalue weighted by atomic mass is 19.1. The van der Waals surface area contributed by atoms with E-state index in [4.69, 9.17) is 0 Å². The van der Waals surface area contributed by atoms with Crippen LogP contribution in [0.25, 0.3) is 5.69 Å². The van der Waals surface area contributed by atoms with Crippen molar-refractivity contribution in [3.8, 4) is 5.69 Å². The number of aromatic nitrogens is 2. The minimum absolute atomic E-state index is 0.0282. The standard InChI is InChI=1S/C22H18FN3O2/c23-15-10-5-4-9-14(15)18-19-16(11-6-12-17(19)27)24-21-20(18)22(28)26(25-21)13-7-2-1-3-8-13/h1-5,7-10,18,24-25H,6,11-12H2/t18-/m1/s1. The number of fused-ring (bicyclic) bond motifs is 1. The van der Waals surface area contributed by atoms with Crippen LogP contribution in [0.3, 0.4) is 0 Å². The maximum atomic E-state index is 14.7. The number of halogens is 1. The van der Waals surface area contributed by atoms with Crippen LogP contribution in [-0.2, 0) is 4.79 Å². The summed E-state index contributed by atoms with van der Waals surface area (Å²) in [5.41, 5.74) is 2.41. The Balaban J connectivity index is 1.78. The highest BCUT2D eigenvalue weighted by molar-refractivity contribution is 6.00. The van der Waals surface area contributed by atoms with Gasteiger partial charge in [0.1, 0.15) is 11.6 Å². The number of hydrogen-bond donors (Lipinski definition) is 2. The molecular formula is C22H18FN3O2. The number of nitrogens with one attached hydrogen (secondary N) is 2. The van der Waals surface area contributed by atoms with E-state index in [0.29, 0.717) is 41.0 Å². The van der Waals surface area contributed by atoms with Crippen molar-refractivity contribution in [2.24, 2.45) is 0 Å². The number of nitrogens with zero attached hydrogens (tertiary/aromatic N) is 1. The smallest absolute Gasteiger partial charge is 0.277 e. The molecule has 2 aromatic carbocycles. The van der Waals surface area contributed by atoms with Crippen LogP contribution in [0.1, 0.15) is 36.3 Å². The Morgan fingerprint density at radius 2 is 1.71 bits per heavy atom. The zero-order chi connectivity index (χ0) is 19.3. The first-order valence-corrected chi connectivity index (χ1v) is 9.33. The van der Waals surface area contributed by atoms with Crippen LogP contribution in [0.2, 0.25) is 0 Å². The summed E-state index contributed by atoms with van der Waals surface area (Å²) in [4.78, 5) is 26.1. The van der Waals surface area contributed by atoms with Gasteiger partial charge in [-0.15, -0.1) is 0 Å². The minimum Gasteiger partial charge on any atom is -0.343 e. The maximum absolute atomic E-state index is 14.7. The summed E-state index contributed by atoms with van der Waals surface area (Å²) in [6, 6.07) is 15.6. The Bertz CT molecular complexity index is 1170. The van der Waals surface area contributed by atoms with E-state index in [9.17, 15) is 14.0 Å². The monoisotopic (exact) mass is 375 g/mol. The van der Waals surface area contributed by atoms with Gasteiger partial charge in [0.2, 0.25) is 0 Å². The molecular weight excluding hydrogens is 357 g/mol. The highest BCUT2D eigenvalue weighted by Gasteiger charge is 2.39. The molecule has 0 spiro atoms. The van der Waals surface area contributed by atoms with E-state index in [1.807, 2.05) is 30.3 Å². The predicted octanol–water partition coefficient (Wildman–Crippen LogP) is 3.87. The van der Waals surface area contributed by atoms with Crippen molar-refractivity contribution in [1.29, 1.82) is 0 Å². The van der Waals surface area contributed by atoms with Crippen LogP contribution >= 0.6 is 0 Å². The Morgan fingerprint density at radius 1 is 0.964 bits per heavy atom. The van der Waals surface area contributed by atoms with Gasteiger partial charge in [-0.25, -0.2) is 9.07 Å². The second kappa shape index (κ2) is 6.34. The lowest BCUT2D eigenvalue weighted by Crippen LogP contribution is -2.30. The van der Waals surface area contributed by atoms with E-state index in [1.165, 1.54) is 10.7 Å². The number of carbonyl (C=O) groups is 1. The SMILES string of the molecule is O=C1CCCC2=C1[C@@H](c1ccccc1F)c1c([nH]n(-c3ccccc3)c1=O)N2. The lowest BCUT2D eigenvalue weighted by molar-refractivity contribution is -0.116. The van der Waals surface area contributed by atoms with E-state index < -0.39 is 11.7 Å². The summed E-state index contributed by atoms with van der Waals surface area (Å²) in [7, 11) is 0. The molecule has 3 aromatic rings. The number of anilines is 1. The van der Waals surface area contributed by atoms with Gasteiger partial charge in [-0.2, -0.15) is 0 Å². The average Bonchev–Trinajstić information content (AvgIpc) is 3.04. The third-order valence-electron chi connectivity index (χ3n) is 5.47. The second-order valence-corrected chi connectivity index (χ2v) is 7.13. The number of para-hydroxylation sites is 1. The molecule has 1 aromatic heterocycles. The number of Topliss-reactive ketones (excluding diaryl/α,β-unsaturated/α-hetero) is 1. The molecule has 0 saturated carbocycles. The van der Waals surface area contributed by atoms with Gasteiger partial charge in [0.15, 0.2) is 5.78 Å². The van der Waals surface area contributed by atoms with Crippen LogP contribution < -0.4 is 10.9 Å². The maximum Gasteiger partial charge on any atom is 0.277 e. The summed E-state index contributed by atoms with van der Waals surface area (Å²) in [5, 5.41) is 6.35. The number of ketones is 1. The molecule has 0 unspecified atom stereocenters. The summed E-state index contributed by atoms with van der Waals surface area (Å²) < 4.78 is 16.2. The van der Waals surface area contributed by atoms with E-state index in [-0.39, 0.29) is 11.3 Å². The largest absolute Gasteiger partial charge is 0.343 e. The van der Waals surface area contributed by atoms with E-state index >= 15 is 0 Å². The molecule has 2 heterocycles. The highest BCUT2D eigenvalue weighted by Crippen LogP contribution is 2.44. The number of carbonyl (C=O) groups excluding carboxylic acids is 1. The molecule has 0 bridgehead atoms. The fourth-order valence-corrected chi connectivity index (χ4v) is 4.22. The summed E-state index contributed by atoms with van der Waals surface area (Å²) in [6.07, 6.45) is 1.86. The van der Waals surface area contributed by atoms with Crippen LogP contribution in [0.4, 0.5) is 10.2 Å². The van der Waals surface area contributed by atoms with Crippen molar-refractivity contribution in [2.45, 2.75) is 25.2 Å². The molecule has 2 aliphatic rings. The third-order valence-corrected chi connectivity index (χ3v) is 5.47. The molecule has 6 heteroatoms. The summed E-state index contributed by atoms with van der Waals surface area (Å²) >= 11 is 0. The lowest BCUT2D eigenvalue weighted by Gasteiger charge is -2.31. The fourth-order valence-electron chi connectivity index (χ4n) is 4.22. The van der Waals surface area contributed by atoms with Crippen molar-refractivity contribution < 1.29 is 9.18 Å². The molecule has 0 amide bonds. The number of aromatic amines is 1. The molecule has 1 aliphatic carbocycles. The molecule has 28 heavy (non-hydrogen) atoms. The van der Waals surface area contributed by atoms with Gasteiger partial charge in [-0.05, 0) is 31.0 Å². The minimum atomic E-state index is -0.714. The van der Waals surface area contributed by atoms with Crippen LogP contribution in [0.15, 0.2) is 70.7 Å². The Labute approximate surface area is 160 Å². The molecule has 0 fully saturated rings. The van der Waals surface area contributed by atoms with Gasteiger partial charge in [0.05, 0.1) is 17.2 Å². The number of benzene rings is 2. The third kappa shape index (κ3) is 2.45. The number of hydrogen-bond acceptors (Lipinski definition) is 3. The number of allylic oxidation sites excluding steroid dienone is 2. The quantitative estimate of drug-likeness (QED) is 0.715. The fraction of sp³-hybridized carbons (Fsp3) is 0.182. The van der Waals surface area contributed by atoms with E-state index in [1.54, 1.807) is 18.2 Å². The normalized spacial score (nSPS) is 18.5. The van der Waals surface area contributed by atoms with Gasteiger partial charge in [-0.1, -0.05) is 36.4 Å². The predicted molar refractivity (Wildman–Crippen MR) is 104 cm³/mol. The first kappa shape index (κ1) is 16.7. The topological polar surface area (TPSA) is 66.9 Å². The molecule has 1 aliphatic heterocycles. The zero-order valence-electron chi connectivity index (χ0n) is 15.0.